The average molecular weight is 324 g/mol. The first kappa shape index (κ1) is 15.5. The standard InChI is InChI=1S/C20H24N2O2/c23-18-8-7-16(17-6-3-9-21-20(17)18)19(24)12-22-15-10-13-4-1-2-5-14(13)11-15/h1-3,6-8,15,19,21-24H,4-5,9-12H2/t19-/m0/s1. The van der Waals surface area contributed by atoms with Gasteiger partial charge >= 0.3 is 0 Å². The molecule has 1 aromatic carbocycles. The highest BCUT2D eigenvalue weighted by molar-refractivity contribution is 5.77. The number of nitrogens with one attached hydrogen (secondary N) is 2. The van der Waals surface area contributed by atoms with Crippen molar-refractivity contribution in [3.8, 4) is 5.75 Å². The molecule has 0 radical (unpaired) electrons. The van der Waals surface area contributed by atoms with E-state index in [9.17, 15) is 10.2 Å². The van der Waals surface area contributed by atoms with Crippen LogP contribution in [0.15, 0.2) is 41.5 Å². The Bertz CT molecular complexity index is 713. The predicted octanol–water partition coefficient (Wildman–Crippen LogP) is 3.26. The summed E-state index contributed by atoms with van der Waals surface area (Å²) in [5.41, 5.74) is 5.63. The molecule has 3 aliphatic rings. The fourth-order valence-electron chi connectivity index (χ4n) is 4.01. The summed E-state index contributed by atoms with van der Waals surface area (Å²) in [4.78, 5) is 0. The molecule has 0 fully saturated rings. The maximum absolute atomic E-state index is 10.7. The predicted molar refractivity (Wildman–Crippen MR) is 97.0 cm³/mol. The zero-order chi connectivity index (χ0) is 16.5. The molecule has 126 valence electrons. The summed E-state index contributed by atoms with van der Waals surface area (Å²) in [6.45, 7) is 1.23. The zero-order valence-electron chi connectivity index (χ0n) is 13.8. The molecule has 2 aliphatic carbocycles. The van der Waals surface area contributed by atoms with Crippen LogP contribution in [0.2, 0.25) is 0 Å². The summed E-state index contributed by atoms with van der Waals surface area (Å²) in [5, 5.41) is 27.3. The van der Waals surface area contributed by atoms with Gasteiger partial charge in [-0.3, -0.25) is 0 Å². The second kappa shape index (κ2) is 6.46. The molecule has 0 amide bonds. The number of allylic oxidation sites excluding steroid dienone is 2. The monoisotopic (exact) mass is 324 g/mol. The van der Waals surface area contributed by atoms with Crippen LogP contribution in [0.1, 0.15) is 42.9 Å². The number of benzene rings is 1. The minimum Gasteiger partial charge on any atom is -0.506 e. The summed E-state index contributed by atoms with van der Waals surface area (Å²) >= 11 is 0. The van der Waals surface area contributed by atoms with Crippen LogP contribution in [0.4, 0.5) is 5.69 Å². The average Bonchev–Trinajstić information content (AvgIpc) is 3.03. The number of anilines is 1. The van der Waals surface area contributed by atoms with E-state index in [1.807, 2.05) is 18.2 Å². The highest BCUT2D eigenvalue weighted by Gasteiger charge is 2.25. The van der Waals surface area contributed by atoms with E-state index in [0.717, 1.165) is 42.5 Å². The lowest BCUT2D eigenvalue weighted by Crippen LogP contribution is -2.31. The van der Waals surface area contributed by atoms with E-state index in [1.165, 1.54) is 0 Å². The van der Waals surface area contributed by atoms with Gasteiger partial charge in [-0.1, -0.05) is 41.5 Å². The van der Waals surface area contributed by atoms with E-state index in [2.05, 4.69) is 22.8 Å². The van der Waals surface area contributed by atoms with Gasteiger partial charge in [-0.25, -0.2) is 0 Å². The molecule has 0 saturated carbocycles. The molecular formula is C20H24N2O2. The van der Waals surface area contributed by atoms with Gasteiger partial charge in [0.2, 0.25) is 0 Å². The molecule has 1 atom stereocenters. The van der Waals surface area contributed by atoms with E-state index in [4.69, 9.17) is 0 Å². The second-order valence-corrected chi connectivity index (χ2v) is 6.86. The van der Waals surface area contributed by atoms with E-state index in [-0.39, 0.29) is 5.75 Å². The third-order valence-corrected chi connectivity index (χ3v) is 5.28. The fourth-order valence-corrected chi connectivity index (χ4v) is 4.01. The molecule has 0 bridgehead atoms. The Morgan fingerprint density at radius 3 is 2.62 bits per heavy atom. The summed E-state index contributed by atoms with van der Waals surface area (Å²) in [5.74, 6) is 0.235. The van der Waals surface area contributed by atoms with E-state index >= 15 is 0 Å². The number of fused-ring (bicyclic) bond motifs is 1. The van der Waals surface area contributed by atoms with Gasteiger partial charge in [0.1, 0.15) is 5.75 Å². The number of phenolic OH excluding ortho intramolecular Hbond substituents is 1. The first-order chi connectivity index (χ1) is 11.7. The van der Waals surface area contributed by atoms with Crippen LogP contribution in [0, 0.1) is 0 Å². The van der Waals surface area contributed by atoms with E-state index in [0.29, 0.717) is 19.1 Å². The molecule has 1 aromatic rings. The van der Waals surface area contributed by atoms with E-state index < -0.39 is 6.10 Å². The van der Waals surface area contributed by atoms with Crippen molar-refractivity contribution in [3.05, 3.63) is 52.6 Å². The Labute approximate surface area is 142 Å². The quantitative estimate of drug-likeness (QED) is 0.507. The molecule has 0 unspecified atom stereocenters. The van der Waals surface area contributed by atoms with Crippen LogP contribution in [0.5, 0.6) is 5.75 Å². The Morgan fingerprint density at radius 1 is 1.12 bits per heavy atom. The third kappa shape index (κ3) is 2.87. The van der Waals surface area contributed by atoms with Crippen molar-refractivity contribution >= 4 is 11.8 Å². The van der Waals surface area contributed by atoms with Gasteiger partial charge < -0.3 is 20.8 Å². The smallest absolute Gasteiger partial charge is 0.139 e. The number of hydrogen-bond donors (Lipinski definition) is 4. The first-order valence-corrected chi connectivity index (χ1v) is 8.75. The Hall–Kier alpha value is -2.04. The molecule has 4 heteroatoms. The summed E-state index contributed by atoms with van der Waals surface area (Å²) in [6.07, 6.45) is 12.3. The molecule has 4 N–H and O–H groups in total. The maximum atomic E-state index is 10.7. The molecular weight excluding hydrogens is 300 g/mol. The number of aliphatic hydroxyl groups is 1. The molecule has 4 rings (SSSR count). The topological polar surface area (TPSA) is 64.5 Å². The molecule has 4 nitrogen and oxygen atoms in total. The number of phenols is 1. The van der Waals surface area contributed by atoms with Crippen molar-refractivity contribution in [3.63, 3.8) is 0 Å². The highest BCUT2D eigenvalue weighted by atomic mass is 16.3. The molecule has 1 heterocycles. The number of aromatic hydroxyl groups is 1. The maximum Gasteiger partial charge on any atom is 0.139 e. The van der Waals surface area contributed by atoms with E-state index in [1.54, 1.807) is 17.2 Å². The van der Waals surface area contributed by atoms with Crippen LogP contribution >= 0.6 is 0 Å². The summed E-state index contributed by atoms with van der Waals surface area (Å²) in [7, 11) is 0. The number of rotatable bonds is 4. The number of aliphatic hydroxyl groups excluding tert-OH is 1. The Kier molecular flexibility index (Phi) is 4.17. The minimum atomic E-state index is -0.584. The van der Waals surface area contributed by atoms with Gasteiger partial charge in [0.25, 0.3) is 0 Å². The van der Waals surface area contributed by atoms with Crippen LogP contribution in [-0.2, 0) is 0 Å². The lowest BCUT2D eigenvalue weighted by atomic mass is 9.97. The lowest BCUT2D eigenvalue weighted by Gasteiger charge is -2.22. The number of hydrogen-bond acceptors (Lipinski definition) is 4. The van der Waals surface area contributed by atoms with Crippen molar-refractivity contribution in [2.24, 2.45) is 0 Å². The van der Waals surface area contributed by atoms with Gasteiger partial charge in [0.15, 0.2) is 0 Å². The molecule has 0 saturated heterocycles. The second-order valence-electron chi connectivity index (χ2n) is 6.86. The summed E-state index contributed by atoms with van der Waals surface area (Å²) in [6, 6.07) is 3.91. The van der Waals surface area contributed by atoms with Crippen molar-refractivity contribution in [2.75, 3.05) is 18.4 Å². The first-order valence-electron chi connectivity index (χ1n) is 8.75. The lowest BCUT2D eigenvalue weighted by molar-refractivity contribution is 0.170. The van der Waals surface area contributed by atoms with Gasteiger partial charge in [-0.05, 0) is 37.3 Å². The van der Waals surface area contributed by atoms with Crippen molar-refractivity contribution < 1.29 is 10.2 Å². The highest BCUT2D eigenvalue weighted by Crippen LogP contribution is 2.37. The van der Waals surface area contributed by atoms with Crippen LogP contribution in [-0.4, -0.2) is 29.3 Å². The van der Waals surface area contributed by atoms with Gasteiger partial charge in [-0.15, -0.1) is 0 Å². The zero-order valence-corrected chi connectivity index (χ0v) is 13.8. The molecule has 0 aromatic heterocycles. The van der Waals surface area contributed by atoms with Crippen LogP contribution in [0.25, 0.3) is 6.08 Å². The molecule has 1 aliphatic heterocycles. The summed E-state index contributed by atoms with van der Waals surface area (Å²) < 4.78 is 0. The Balaban J connectivity index is 1.41. The SMILES string of the molecule is Oc1ccc([C@@H](O)CNC2CC3=C(CC=CC3)C2)c2c1NCC=C2. The molecule has 0 spiro atoms. The van der Waals surface area contributed by atoms with Gasteiger partial charge in [0.05, 0.1) is 11.8 Å². The molecule has 24 heavy (non-hydrogen) atoms. The third-order valence-electron chi connectivity index (χ3n) is 5.28. The minimum absolute atomic E-state index is 0.235. The van der Waals surface area contributed by atoms with Gasteiger partial charge in [-0.2, -0.15) is 0 Å². The fraction of sp³-hybridized carbons (Fsp3) is 0.400. The van der Waals surface area contributed by atoms with Crippen molar-refractivity contribution in [1.29, 1.82) is 0 Å². The van der Waals surface area contributed by atoms with Gasteiger partial charge in [0, 0.05) is 24.7 Å². The normalized spacial score (nSPS) is 20.7. The Morgan fingerprint density at radius 2 is 1.88 bits per heavy atom. The van der Waals surface area contributed by atoms with Crippen LogP contribution in [0.3, 0.4) is 0 Å². The van der Waals surface area contributed by atoms with Crippen LogP contribution < -0.4 is 10.6 Å². The van der Waals surface area contributed by atoms with Crippen molar-refractivity contribution in [2.45, 2.75) is 37.8 Å². The van der Waals surface area contributed by atoms with Crippen molar-refractivity contribution in [1.82, 2.24) is 5.32 Å². The largest absolute Gasteiger partial charge is 0.506 e.